The van der Waals surface area contributed by atoms with Crippen molar-refractivity contribution >= 4 is 16.7 Å². The number of nitrogens with zero attached hydrogens (tertiary/aromatic N) is 1. The highest BCUT2D eigenvalue weighted by atomic mass is 16.1. The van der Waals surface area contributed by atoms with Gasteiger partial charge < -0.3 is 4.98 Å². The summed E-state index contributed by atoms with van der Waals surface area (Å²) in [5.74, 6) is 0.114. The zero-order valence-corrected chi connectivity index (χ0v) is 10.7. The van der Waals surface area contributed by atoms with Crippen LogP contribution in [0.2, 0.25) is 0 Å². The minimum Gasteiger partial charge on any atom is -0.360 e. The lowest BCUT2D eigenvalue weighted by atomic mass is 10.0. The van der Waals surface area contributed by atoms with E-state index in [1.165, 1.54) is 0 Å². The van der Waals surface area contributed by atoms with Crippen LogP contribution >= 0.6 is 0 Å². The topological polar surface area (TPSA) is 45.8 Å². The van der Waals surface area contributed by atoms with Crippen molar-refractivity contribution in [3.05, 3.63) is 65.6 Å². The summed E-state index contributed by atoms with van der Waals surface area (Å²) in [7, 11) is 0. The molecule has 3 nitrogen and oxygen atoms in total. The fourth-order valence-corrected chi connectivity index (χ4v) is 2.19. The van der Waals surface area contributed by atoms with Gasteiger partial charge >= 0.3 is 0 Å². The fourth-order valence-electron chi connectivity index (χ4n) is 2.19. The summed E-state index contributed by atoms with van der Waals surface area (Å²) in [6.07, 6.45) is 3.94. The fraction of sp³-hybridized carbons (Fsp3) is 0.125. The number of Topliss-reactive ketones (excluding diaryl/α,β-unsaturated/α-hetero) is 1. The Morgan fingerprint density at radius 3 is 2.84 bits per heavy atom. The lowest BCUT2D eigenvalue weighted by Gasteiger charge is -2.00. The molecule has 3 rings (SSSR count). The number of aryl methyl sites for hydroxylation is 1. The SMILES string of the molecule is Cc1ccc(CC(=O)c2c[nH]c3ccccc23)cn1. The quantitative estimate of drug-likeness (QED) is 0.725. The molecule has 0 fully saturated rings. The normalized spacial score (nSPS) is 10.8. The molecule has 2 heterocycles. The third-order valence-corrected chi connectivity index (χ3v) is 3.23. The van der Waals surface area contributed by atoms with E-state index >= 15 is 0 Å². The van der Waals surface area contributed by atoms with Gasteiger partial charge in [-0.15, -0.1) is 0 Å². The van der Waals surface area contributed by atoms with Gasteiger partial charge in [-0.1, -0.05) is 24.3 Å². The number of ketones is 1. The maximum atomic E-state index is 12.3. The first-order chi connectivity index (χ1) is 9.24. The van der Waals surface area contributed by atoms with Crippen LogP contribution in [0.3, 0.4) is 0 Å². The van der Waals surface area contributed by atoms with Gasteiger partial charge in [-0.25, -0.2) is 0 Å². The molecule has 1 N–H and O–H groups in total. The first kappa shape index (κ1) is 11.7. The molecule has 0 radical (unpaired) electrons. The van der Waals surface area contributed by atoms with Crippen molar-refractivity contribution in [1.82, 2.24) is 9.97 Å². The number of hydrogen-bond donors (Lipinski definition) is 1. The molecule has 0 spiro atoms. The molecular weight excluding hydrogens is 236 g/mol. The van der Waals surface area contributed by atoms with E-state index in [0.717, 1.165) is 27.7 Å². The summed E-state index contributed by atoms with van der Waals surface area (Å²) in [5, 5.41) is 0.979. The van der Waals surface area contributed by atoms with Crippen molar-refractivity contribution in [1.29, 1.82) is 0 Å². The lowest BCUT2D eigenvalue weighted by Crippen LogP contribution is -2.03. The predicted octanol–water partition coefficient (Wildman–Crippen LogP) is 3.30. The third kappa shape index (κ3) is 2.27. The standard InChI is InChI=1S/C16H14N2O/c1-11-6-7-12(9-17-11)8-16(19)14-10-18-15-5-3-2-4-13(14)15/h2-7,9-10,18H,8H2,1H3. The Hall–Kier alpha value is -2.42. The largest absolute Gasteiger partial charge is 0.360 e. The van der Waals surface area contributed by atoms with Crippen LogP contribution < -0.4 is 0 Å². The predicted molar refractivity (Wildman–Crippen MR) is 75.3 cm³/mol. The number of nitrogens with one attached hydrogen (secondary N) is 1. The van der Waals surface area contributed by atoms with Crippen LogP contribution in [-0.2, 0) is 6.42 Å². The summed E-state index contributed by atoms with van der Waals surface area (Å²) >= 11 is 0. The molecule has 0 saturated heterocycles. The average Bonchev–Trinajstić information content (AvgIpc) is 2.85. The molecule has 0 unspecified atom stereocenters. The molecule has 0 atom stereocenters. The number of aromatic amines is 1. The Morgan fingerprint density at radius 2 is 2.05 bits per heavy atom. The van der Waals surface area contributed by atoms with Gasteiger partial charge in [0.15, 0.2) is 5.78 Å². The second-order valence-electron chi connectivity index (χ2n) is 4.66. The molecular formula is C16H14N2O. The average molecular weight is 250 g/mol. The van der Waals surface area contributed by atoms with Gasteiger partial charge in [0, 0.05) is 41.0 Å². The van der Waals surface area contributed by atoms with Crippen LogP contribution in [-0.4, -0.2) is 15.8 Å². The van der Waals surface area contributed by atoms with Gasteiger partial charge in [0.25, 0.3) is 0 Å². The monoisotopic (exact) mass is 250 g/mol. The highest BCUT2D eigenvalue weighted by molar-refractivity contribution is 6.08. The number of hydrogen-bond acceptors (Lipinski definition) is 2. The number of fused-ring (bicyclic) bond motifs is 1. The Labute approximate surface area is 111 Å². The number of H-pyrrole nitrogens is 1. The van der Waals surface area contributed by atoms with Crippen LogP contribution in [0.15, 0.2) is 48.8 Å². The Morgan fingerprint density at radius 1 is 1.21 bits per heavy atom. The molecule has 1 aromatic carbocycles. The highest BCUT2D eigenvalue weighted by Gasteiger charge is 2.12. The van der Waals surface area contributed by atoms with Crippen LogP contribution in [0.1, 0.15) is 21.6 Å². The minimum atomic E-state index is 0.114. The van der Waals surface area contributed by atoms with Gasteiger partial charge in [0.05, 0.1) is 0 Å². The van der Waals surface area contributed by atoms with E-state index in [1.807, 2.05) is 43.3 Å². The summed E-state index contributed by atoms with van der Waals surface area (Å²) in [6, 6.07) is 11.7. The summed E-state index contributed by atoms with van der Waals surface area (Å²) in [6.45, 7) is 1.94. The minimum absolute atomic E-state index is 0.114. The second-order valence-corrected chi connectivity index (χ2v) is 4.66. The second kappa shape index (κ2) is 4.69. The maximum Gasteiger partial charge on any atom is 0.169 e. The number of para-hydroxylation sites is 1. The molecule has 19 heavy (non-hydrogen) atoms. The van der Waals surface area contributed by atoms with Crippen LogP contribution in [0.25, 0.3) is 10.9 Å². The van der Waals surface area contributed by atoms with Gasteiger partial charge in [-0.05, 0) is 24.6 Å². The summed E-state index contributed by atoms with van der Waals surface area (Å²) in [5.41, 5.74) is 3.65. The third-order valence-electron chi connectivity index (χ3n) is 3.23. The summed E-state index contributed by atoms with van der Waals surface area (Å²) < 4.78 is 0. The van der Waals surface area contributed by atoms with E-state index in [0.29, 0.717) is 6.42 Å². The van der Waals surface area contributed by atoms with Crippen molar-refractivity contribution < 1.29 is 4.79 Å². The van der Waals surface area contributed by atoms with E-state index < -0.39 is 0 Å². The zero-order valence-electron chi connectivity index (χ0n) is 10.7. The van der Waals surface area contributed by atoms with E-state index in [1.54, 1.807) is 12.4 Å². The number of carbonyl (C=O) groups excluding carboxylic acids is 1. The van der Waals surface area contributed by atoms with Crippen molar-refractivity contribution in [2.45, 2.75) is 13.3 Å². The van der Waals surface area contributed by atoms with Crippen molar-refractivity contribution in [2.24, 2.45) is 0 Å². The number of rotatable bonds is 3. The molecule has 94 valence electrons. The molecule has 3 aromatic rings. The Kier molecular flexibility index (Phi) is 2.88. The van der Waals surface area contributed by atoms with Crippen molar-refractivity contribution in [3.63, 3.8) is 0 Å². The summed E-state index contributed by atoms with van der Waals surface area (Å²) in [4.78, 5) is 19.7. The van der Waals surface area contributed by atoms with Gasteiger partial charge in [-0.2, -0.15) is 0 Å². The Balaban J connectivity index is 1.90. The van der Waals surface area contributed by atoms with E-state index in [2.05, 4.69) is 9.97 Å². The molecule has 0 bridgehead atoms. The molecule has 0 saturated carbocycles. The van der Waals surface area contributed by atoms with Crippen molar-refractivity contribution in [2.75, 3.05) is 0 Å². The lowest BCUT2D eigenvalue weighted by molar-refractivity contribution is 0.0994. The van der Waals surface area contributed by atoms with Crippen LogP contribution in [0.4, 0.5) is 0 Å². The smallest absolute Gasteiger partial charge is 0.169 e. The Bertz CT molecular complexity index is 726. The number of aromatic nitrogens is 2. The van der Waals surface area contributed by atoms with Crippen LogP contribution in [0, 0.1) is 6.92 Å². The number of pyridine rings is 1. The molecule has 0 amide bonds. The van der Waals surface area contributed by atoms with Gasteiger partial charge in [0.2, 0.25) is 0 Å². The highest BCUT2D eigenvalue weighted by Crippen LogP contribution is 2.19. The molecule has 0 aliphatic rings. The number of carbonyl (C=O) groups is 1. The van der Waals surface area contributed by atoms with E-state index in [-0.39, 0.29) is 5.78 Å². The maximum absolute atomic E-state index is 12.3. The zero-order chi connectivity index (χ0) is 13.2. The van der Waals surface area contributed by atoms with Gasteiger partial charge in [-0.3, -0.25) is 9.78 Å². The van der Waals surface area contributed by atoms with Crippen molar-refractivity contribution in [3.8, 4) is 0 Å². The van der Waals surface area contributed by atoms with Crippen LogP contribution in [0.5, 0.6) is 0 Å². The molecule has 3 heteroatoms. The molecule has 0 aliphatic carbocycles. The first-order valence-electron chi connectivity index (χ1n) is 6.25. The van der Waals surface area contributed by atoms with E-state index in [9.17, 15) is 4.79 Å². The van der Waals surface area contributed by atoms with Gasteiger partial charge in [0.1, 0.15) is 0 Å². The van der Waals surface area contributed by atoms with E-state index in [4.69, 9.17) is 0 Å². The molecule has 0 aliphatic heterocycles. The number of benzene rings is 1. The first-order valence-corrected chi connectivity index (χ1v) is 6.25. The molecule has 2 aromatic heterocycles.